The molecule has 0 saturated heterocycles. The Bertz CT molecular complexity index is 423. The van der Waals surface area contributed by atoms with E-state index in [1.807, 2.05) is 6.07 Å². The summed E-state index contributed by atoms with van der Waals surface area (Å²) in [5.74, 6) is 2.74. The van der Waals surface area contributed by atoms with Crippen LogP contribution in [0.1, 0.15) is 48.2 Å². The van der Waals surface area contributed by atoms with Crippen LogP contribution in [0.15, 0.2) is 18.2 Å². The van der Waals surface area contributed by atoms with Crippen LogP contribution >= 0.6 is 11.8 Å². The Balaban J connectivity index is 1.85. The minimum absolute atomic E-state index is 0.290. The molecule has 1 aromatic rings. The molecule has 1 aliphatic rings. The van der Waals surface area contributed by atoms with E-state index in [4.69, 9.17) is 0 Å². The van der Waals surface area contributed by atoms with Gasteiger partial charge in [0.05, 0.1) is 5.75 Å². The third-order valence-electron chi connectivity index (χ3n) is 3.49. The molecule has 98 valence electrons. The number of hydrogen-bond acceptors (Lipinski definition) is 2. The summed E-state index contributed by atoms with van der Waals surface area (Å²) in [6, 6.07) is 6.28. The van der Waals surface area contributed by atoms with Crippen LogP contribution in [0.3, 0.4) is 0 Å². The molecule has 0 aromatic heterocycles. The van der Waals surface area contributed by atoms with Crippen molar-refractivity contribution in [2.24, 2.45) is 5.92 Å². The summed E-state index contributed by atoms with van der Waals surface area (Å²) in [7, 11) is 0. The van der Waals surface area contributed by atoms with Gasteiger partial charge < -0.3 is 0 Å². The lowest BCUT2D eigenvalue weighted by Crippen LogP contribution is -2.04. The van der Waals surface area contributed by atoms with E-state index in [2.05, 4.69) is 26.0 Å². The van der Waals surface area contributed by atoms with Crippen molar-refractivity contribution in [2.45, 2.75) is 39.5 Å². The predicted molar refractivity (Wildman–Crippen MR) is 79.6 cm³/mol. The van der Waals surface area contributed by atoms with Gasteiger partial charge in [-0.15, -0.1) is 0 Å². The van der Waals surface area contributed by atoms with Crippen LogP contribution in [0.2, 0.25) is 0 Å². The summed E-state index contributed by atoms with van der Waals surface area (Å²) in [5, 5.41) is 0. The third-order valence-corrected chi connectivity index (χ3v) is 4.48. The number of rotatable bonds is 6. The number of aryl methyl sites for hydroxylation is 2. The molecule has 1 aliphatic carbocycles. The molecule has 0 N–H and O–H groups in total. The number of benzene rings is 1. The first-order valence-electron chi connectivity index (χ1n) is 6.89. The molecule has 18 heavy (non-hydrogen) atoms. The number of thioether (sulfide) groups is 1. The molecule has 1 nitrogen and oxygen atoms in total. The lowest BCUT2D eigenvalue weighted by molar-refractivity contribution is 0.102. The fourth-order valence-corrected chi connectivity index (χ4v) is 3.45. The molecular formula is C16H22OS. The van der Waals surface area contributed by atoms with E-state index in [-0.39, 0.29) is 0 Å². The monoisotopic (exact) mass is 262 g/mol. The second kappa shape index (κ2) is 6.42. The van der Waals surface area contributed by atoms with Gasteiger partial charge in [0.15, 0.2) is 5.78 Å². The number of hydrogen-bond donors (Lipinski definition) is 0. The Morgan fingerprint density at radius 1 is 1.28 bits per heavy atom. The lowest BCUT2D eigenvalue weighted by atomic mass is 10.0. The SMILES string of the molecule is CC(C)CCSCC(=O)c1ccc2c(c1)CCC2. The van der Waals surface area contributed by atoms with E-state index in [1.54, 1.807) is 11.8 Å². The number of ketones is 1. The molecule has 0 aliphatic heterocycles. The first-order valence-corrected chi connectivity index (χ1v) is 8.05. The topological polar surface area (TPSA) is 17.1 Å². The van der Waals surface area contributed by atoms with Gasteiger partial charge in [-0.2, -0.15) is 11.8 Å². The van der Waals surface area contributed by atoms with E-state index in [9.17, 15) is 4.79 Å². The Morgan fingerprint density at radius 2 is 2.06 bits per heavy atom. The highest BCUT2D eigenvalue weighted by Gasteiger charge is 2.13. The van der Waals surface area contributed by atoms with Crippen molar-refractivity contribution in [2.75, 3.05) is 11.5 Å². The van der Waals surface area contributed by atoms with E-state index in [0.29, 0.717) is 11.5 Å². The van der Waals surface area contributed by atoms with E-state index in [0.717, 1.165) is 23.7 Å². The van der Waals surface area contributed by atoms with Crippen molar-refractivity contribution < 1.29 is 4.79 Å². The van der Waals surface area contributed by atoms with Crippen molar-refractivity contribution >= 4 is 17.5 Å². The van der Waals surface area contributed by atoms with Crippen molar-refractivity contribution in [3.8, 4) is 0 Å². The van der Waals surface area contributed by atoms with Crippen molar-refractivity contribution in [3.63, 3.8) is 0 Å². The van der Waals surface area contributed by atoms with Crippen LogP contribution in [-0.4, -0.2) is 17.3 Å². The summed E-state index contributed by atoms with van der Waals surface area (Å²) in [6.07, 6.45) is 4.78. The van der Waals surface area contributed by atoms with Gasteiger partial charge in [0, 0.05) is 5.56 Å². The zero-order chi connectivity index (χ0) is 13.0. The standard InChI is InChI=1S/C16H22OS/c1-12(2)8-9-18-11-16(17)15-7-6-13-4-3-5-14(13)10-15/h6-7,10,12H,3-5,8-9,11H2,1-2H3. The van der Waals surface area contributed by atoms with Gasteiger partial charge in [0.2, 0.25) is 0 Å². The molecule has 0 spiro atoms. The van der Waals surface area contributed by atoms with Crippen LogP contribution in [0.25, 0.3) is 0 Å². The highest BCUT2D eigenvalue weighted by atomic mass is 32.2. The number of Topliss-reactive ketones (excluding diaryl/α,β-unsaturated/α-hetero) is 1. The summed E-state index contributed by atoms with van der Waals surface area (Å²) in [5.41, 5.74) is 3.75. The molecule has 0 amide bonds. The normalized spacial score (nSPS) is 13.9. The zero-order valence-corrected chi connectivity index (χ0v) is 12.2. The smallest absolute Gasteiger partial charge is 0.172 e. The number of fused-ring (bicyclic) bond motifs is 1. The number of carbonyl (C=O) groups is 1. The Hall–Kier alpha value is -0.760. The van der Waals surface area contributed by atoms with Crippen molar-refractivity contribution in [3.05, 3.63) is 34.9 Å². The largest absolute Gasteiger partial charge is 0.293 e. The predicted octanol–water partition coefficient (Wildman–Crippen LogP) is 4.14. The molecule has 0 heterocycles. The summed E-state index contributed by atoms with van der Waals surface area (Å²) in [4.78, 5) is 12.1. The van der Waals surface area contributed by atoms with E-state index in [1.165, 1.54) is 30.4 Å². The van der Waals surface area contributed by atoms with Crippen LogP contribution in [0, 0.1) is 5.92 Å². The quantitative estimate of drug-likeness (QED) is 0.566. The minimum atomic E-state index is 0.290. The van der Waals surface area contributed by atoms with Gasteiger partial charge in [0.25, 0.3) is 0 Å². The molecule has 0 bridgehead atoms. The molecular weight excluding hydrogens is 240 g/mol. The van der Waals surface area contributed by atoms with E-state index >= 15 is 0 Å². The number of carbonyl (C=O) groups excluding carboxylic acids is 1. The molecule has 1 aromatic carbocycles. The molecule has 0 fully saturated rings. The van der Waals surface area contributed by atoms with Crippen LogP contribution < -0.4 is 0 Å². The zero-order valence-electron chi connectivity index (χ0n) is 11.4. The van der Waals surface area contributed by atoms with Crippen LogP contribution in [-0.2, 0) is 12.8 Å². The van der Waals surface area contributed by atoms with Gasteiger partial charge in [0.1, 0.15) is 0 Å². The minimum Gasteiger partial charge on any atom is -0.293 e. The maximum Gasteiger partial charge on any atom is 0.172 e. The third kappa shape index (κ3) is 3.61. The summed E-state index contributed by atoms with van der Waals surface area (Å²) < 4.78 is 0. The first kappa shape index (κ1) is 13.7. The van der Waals surface area contributed by atoms with Gasteiger partial charge in [-0.25, -0.2) is 0 Å². The highest BCUT2D eigenvalue weighted by molar-refractivity contribution is 7.99. The molecule has 2 rings (SSSR count). The first-order chi connectivity index (χ1) is 8.66. The van der Waals surface area contributed by atoms with E-state index < -0.39 is 0 Å². The molecule has 0 radical (unpaired) electrons. The second-order valence-corrected chi connectivity index (χ2v) is 6.60. The van der Waals surface area contributed by atoms with Gasteiger partial charge in [-0.1, -0.05) is 26.0 Å². The Morgan fingerprint density at radius 3 is 2.83 bits per heavy atom. The fourth-order valence-electron chi connectivity index (χ4n) is 2.31. The maximum atomic E-state index is 12.1. The van der Waals surface area contributed by atoms with Crippen LogP contribution in [0.4, 0.5) is 0 Å². The second-order valence-electron chi connectivity index (χ2n) is 5.50. The van der Waals surface area contributed by atoms with Crippen molar-refractivity contribution in [1.82, 2.24) is 0 Å². The average Bonchev–Trinajstić information content (AvgIpc) is 2.81. The molecule has 0 saturated carbocycles. The molecule has 0 unspecified atom stereocenters. The van der Waals surface area contributed by atoms with Crippen LogP contribution in [0.5, 0.6) is 0 Å². The summed E-state index contributed by atoms with van der Waals surface area (Å²) in [6.45, 7) is 4.45. The Labute approximate surface area is 114 Å². The summed E-state index contributed by atoms with van der Waals surface area (Å²) >= 11 is 1.77. The maximum absolute atomic E-state index is 12.1. The highest BCUT2D eigenvalue weighted by Crippen LogP contribution is 2.23. The molecule has 2 heteroatoms. The molecule has 0 atom stereocenters. The Kier molecular flexibility index (Phi) is 4.87. The van der Waals surface area contributed by atoms with Gasteiger partial charge >= 0.3 is 0 Å². The van der Waals surface area contributed by atoms with Gasteiger partial charge in [-0.05, 0) is 54.5 Å². The average molecular weight is 262 g/mol. The lowest BCUT2D eigenvalue weighted by Gasteiger charge is -2.06. The van der Waals surface area contributed by atoms with Crippen molar-refractivity contribution in [1.29, 1.82) is 0 Å². The van der Waals surface area contributed by atoms with Gasteiger partial charge in [-0.3, -0.25) is 4.79 Å². The fraction of sp³-hybridized carbons (Fsp3) is 0.562.